The van der Waals surface area contributed by atoms with Crippen LogP contribution < -0.4 is 5.32 Å². The van der Waals surface area contributed by atoms with E-state index in [0.717, 1.165) is 28.4 Å². The van der Waals surface area contributed by atoms with Crippen LogP contribution in [-0.4, -0.2) is 14.8 Å². The number of aryl methyl sites for hydroxylation is 1. The summed E-state index contributed by atoms with van der Waals surface area (Å²) < 4.78 is 2.44. The van der Waals surface area contributed by atoms with Crippen LogP contribution in [0.25, 0.3) is 11.3 Å². The van der Waals surface area contributed by atoms with Gasteiger partial charge in [-0.15, -0.1) is 11.3 Å². The third kappa shape index (κ3) is 2.84. The third-order valence-corrected chi connectivity index (χ3v) is 4.09. The molecule has 0 spiro atoms. The lowest BCUT2D eigenvalue weighted by Gasteiger charge is -2.07. The fraction of sp³-hybridized carbons (Fsp3) is 0.143. The van der Waals surface area contributed by atoms with E-state index in [0.29, 0.717) is 4.47 Å². The van der Waals surface area contributed by atoms with Crippen LogP contribution in [0.2, 0.25) is 4.47 Å². The Morgan fingerprint density at radius 3 is 2.95 bits per heavy atom. The Balaban J connectivity index is 1.76. The molecule has 0 aliphatic rings. The number of nitrogens with one attached hydrogen (secondary N) is 1. The van der Waals surface area contributed by atoms with Gasteiger partial charge in [-0.2, -0.15) is 5.10 Å². The second-order valence-electron chi connectivity index (χ2n) is 4.35. The molecule has 0 bridgehead atoms. The first-order chi connectivity index (χ1) is 9.72. The summed E-state index contributed by atoms with van der Waals surface area (Å²) in [6.45, 7) is 0.721. The number of anilines is 1. The second kappa shape index (κ2) is 5.64. The van der Waals surface area contributed by atoms with Gasteiger partial charge in [0, 0.05) is 35.6 Å². The van der Waals surface area contributed by atoms with Gasteiger partial charge in [-0.25, -0.2) is 4.98 Å². The minimum absolute atomic E-state index is 0.574. The van der Waals surface area contributed by atoms with Crippen LogP contribution in [0.4, 0.5) is 5.69 Å². The molecular formula is C14H13ClN4S. The molecule has 2 aromatic heterocycles. The van der Waals surface area contributed by atoms with Gasteiger partial charge in [-0.3, -0.25) is 4.68 Å². The minimum Gasteiger partial charge on any atom is -0.380 e. The summed E-state index contributed by atoms with van der Waals surface area (Å²) in [4.78, 5) is 5.14. The van der Waals surface area contributed by atoms with Crippen molar-refractivity contribution in [1.82, 2.24) is 14.8 Å². The Morgan fingerprint density at radius 2 is 2.25 bits per heavy atom. The standard InChI is InChI=1S/C14H13ClN4S/c1-19-13(5-6-18-19)10-3-2-4-11(7-10)16-8-12-9-17-14(15)20-12/h2-7,9,16H,8H2,1H3. The molecule has 0 amide bonds. The van der Waals surface area contributed by atoms with E-state index in [2.05, 4.69) is 27.5 Å². The maximum absolute atomic E-state index is 5.82. The summed E-state index contributed by atoms with van der Waals surface area (Å²) >= 11 is 7.31. The van der Waals surface area contributed by atoms with Crippen molar-refractivity contribution in [2.45, 2.75) is 6.54 Å². The van der Waals surface area contributed by atoms with Crippen LogP contribution >= 0.6 is 22.9 Å². The van der Waals surface area contributed by atoms with Gasteiger partial charge < -0.3 is 5.32 Å². The Hall–Kier alpha value is -1.85. The average Bonchev–Trinajstić information content (AvgIpc) is 3.05. The van der Waals surface area contributed by atoms with Gasteiger partial charge in [0.25, 0.3) is 0 Å². The number of hydrogen-bond acceptors (Lipinski definition) is 4. The molecule has 1 aromatic carbocycles. The molecule has 0 radical (unpaired) electrons. The fourth-order valence-electron chi connectivity index (χ4n) is 2.00. The van der Waals surface area contributed by atoms with Crippen molar-refractivity contribution in [3.05, 3.63) is 52.1 Å². The molecule has 0 unspecified atom stereocenters. The summed E-state index contributed by atoms with van der Waals surface area (Å²) in [5.41, 5.74) is 3.29. The first-order valence-electron chi connectivity index (χ1n) is 6.15. The van der Waals surface area contributed by atoms with Crippen LogP contribution in [0.5, 0.6) is 0 Å². The van der Waals surface area contributed by atoms with Crippen molar-refractivity contribution in [2.75, 3.05) is 5.32 Å². The number of benzene rings is 1. The van der Waals surface area contributed by atoms with E-state index in [-0.39, 0.29) is 0 Å². The van der Waals surface area contributed by atoms with Crippen LogP contribution in [0.15, 0.2) is 42.7 Å². The lowest BCUT2D eigenvalue weighted by Crippen LogP contribution is -1.98. The Morgan fingerprint density at radius 1 is 1.35 bits per heavy atom. The predicted octanol–water partition coefficient (Wildman–Crippen LogP) is 3.81. The maximum Gasteiger partial charge on any atom is 0.183 e. The predicted molar refractivity (Wildman–Crippen MR) is 83.1 cm³/mol. The third-order valence-electron chi connectivity index (χ3n) is 2.97. The Bertz CT molecular complexity index is 719. The lowest BCUT2D eigenvalue weighted by atomic mass is 10.1. The molecule has 4 nitrogen and oxygen atoms in total. The molecule has 0 saturated heterocycles. The van der Waals surface area contributed by atoms with E-state index in [9.17, 15) is 0 Å². The van der Waals surface area contributed by atoms with Gasteiger partial charge in [0.2, 0.25) is 0 Å². The van der Waals surface area contributed by atoms with E-state index in [1.165, 1.54) is 11.3 Å². The van der Waals surface area contributed by atoms with Gasteiger partial charge in [0.1, 0.15) is 0 Å². The van der Waals surface area contributed by atoms with Gasteiger partial charge >= 0.3 is 0 Å². The summed E-state index contributed by atoms with van der Waals surface area (Å²) in [6, 6.07) is 10.3. The maximum atomic E-state index is 5.82. The van der Waals surface area contributed by atoms with E-state index < -0.39 is 0 Å². The van der Waals surface area contributed by atoms with E-state index in [4.69, 9.17) is 11.6 Å². The number of halogens is 1. The zero-order valence-corrected chi connectivity index (χ0v) is 12.4. The Kier molecular flexibility index (Phi) is 3.71. The molecule has 0 atom stereocenters. The molecule has 1 N–H and O–H groups in total. The van der Waals surface area contributed by atoms with Crippen LogP contribution in [-0.2, 0) is 13.6 Å². The largest absolute Gasteiger partial charge is 0.380 e. The van der Waals surface area contributed by atoms with E-state index in [1.807, 2.05) is 29.9 Å². The van der Waals surface area contributed by atoms with Crippen LogP contribution in [0, 0.1) is 0 Å². The zero-order valence-electron chi connectivity index (χ0n) is 10.9. The molecule has 0 saturated carbocycles. The van der Waals surface area contributed by atoms with E-state index in [1.54, 1.807) is 12.4 Å². The van der Waals surface area contributed by atoms with Crippen LogP contribution in [0.3, 0.4) is 0 Å². The Labute approximate surface area is 126 Å². The number of aromatic nitrogens is 3. The van der Waals surface area contributed by atoms with Gasteiger partial charge in [0.05, 0.1) is 12.2 Å². The molecule has 3 aromatic rings. The van der Waals surface area contributed by atoms with Crippen LogP contribution in [0.1, 0.15) is 4.88 Å². The lowest BCUT2D eigenvalue weighted by molar-refractivity contribution is 0.776. The highest BCUT2D eigenvalue weighted by molar-refractivity contribution is 7.15. The quantitative estimate of drug-likeness (QED) is 0.797. The first-order valence-corrected chi connectivity index (χ1v) is 7.34. The van der Waals surface area contributed by atoms with Crippen molar-refractivity contribution in [2.24, 2.45) is 7.05 Å². The van der Waals surface area contributed by atoms with Crippen molar-refractivity contribution < 1.29 is 0 Å². The van der Waals surface area contributed by atoms with Gasteiger partial charge in [0.15, 0.2) is 4.47 Å². The van der Waals surface area contributed by atoms with Crippen molar-refractivity contribution in [1.29, 1.82) is 0 Å². The number of thiazole rings is 1. The monoisotopic (exact) mass is 304 g/mol. The molecule has 20 heavy (non-hydrogen) atoms. The highest BCUT2D eigenvalue weighted by Crippen LogP contribution is 2.23. The molecule has 0 aliphatic heterocycles. The highest BCUT2D eigenvalue weighted by atomic mass is 35.5. The number of hydrogen-bond donors (Lipinski definition) is 1. The summed E-state index contributed by atoms with van der Waals surface area (Å²) in [6.07, 6.45) is 3.60. The summed E-state index contributed by atoms with van der Waals surface area (Å²) in [5, 5.41) is 7.57. The molecule has 3 rings (SSSR count). The SMILES string of the molecule is Cn1nccc1-c1cccc(NCc2cnc(Cl)s2)c1. The number of nitrogens with zero attached hydrogens (tertiary/aromatic N) is 3. The molecule has 0 aliphatic carbocycles. The molecule has 102 valence electrons. The second-order valence-corrected chi connectivity index (χ2v) is 6.05. The van der Waals surface area contributed by atoms with Crippen molar-refractivity contribution >= 4 is 28.6 Å². The molecule has 2 heterocycles. The smallest absolute Gasteiger partial charge is 0.183 e. The van der Waals surface area contributed by atoms with E-state index >= 15 is 0 Å². The minimum atomic E-state index is 0.574. The first kappa shape index (κ1) is 13.1. The van der Waals surface area contributed by atoms with Gasteiger partial charge in [-0.1, -0.05) is 23.7 Å². The summed E-state index contributed by atoms with van der Waals surface area (Å²) in [7, 11) is 1.94. The highest BCUT2D eigenvalue weighted by Gasteiger charge is 2.04. The topological polar surface area (TPSA) is 42.7 Å². The normalized spacial score (nSPS) is 10.7. The van der Waals surface area contributed by atoms with Crippen molar-refractivity contribution in [3.8, 4) is 11.3 Å². The summed E-state index contributed by atoms with van der Waals surface area (Å²) in [5.74, 6) is 0. The van der Waals surface area contributed by atoms with Crippen molar-refractivity contribution in [3.63, 3.8) is 0 Å². The number of rotatable bonds is 4. The molecule has 0 fully saturated rings. The average molecular weight is 305 g/mol. The van der Waals surface area contributed by atoms with Gasteiger partial charge in [-0.05, 0) is 18.2 Å². The molecular weight excluding hydrogens is 292 g/mol. The fourth-order valence-corrected chi connectivity index (χ4v) is 2.92. The zero-order chi connectivity index (χ0) is 13.9. The molecule has 6 heteroatoms.